The number of carbonyl (C=O) groups is 1. The Labute approximate surface area is 137 Å². The second-order valence-corrected chi connectivity index (χ2v) is 13.8. The number of carboxylic acid groups (broad SMARTS) is 1. The molecule has 0 aromatic carbocycles. The standard InChI is InChI=1S/C13H24N2O6SSi/c1-10-11(8-21-22(2,18)19)14-15(12(10)13(16)17)9-20-6-7-23(3,4)5/h6-9H2,1-5H3,(H,16,17). The number of carboxylic acids is 1. The van der Waals surface area contributed by atoms with E-state index in [-0.39, 0.29) is 24.7 Å². The first-order valence-corrected chi connectivity index (χ1v) is 12.6. The van der Waals surface area contributed by atoms with Crippen LogP contribution in [0, 0.1) is 6.92 Å². The van der Waals surface area contributed by atoms with E-state index in [4.69, 9.17) is 4.74 Å². The number of ether oxygens (including phenoxy) is 1. The Balaban J connectivity index is 2.83. The second-order valence-electron chi connectivity index (χ2n) is 6.54. The maximum Gasteiger partial charge on any atom is 0.354 e. The van der Waals surface area contributed by atoms with Gasteiger partial charge in [0.2, 0.25) is 0 Å². The fourth-order valence-electron chi connectivity index (χ4n) is 1.79. The molecule has 0 unspecified atom stereocenters. The van der Waals surface area contributed by atoms with Crippen LogP contribution in [0.15, 0.2) is 0 Å². The summed E-state index contributed by atoms with van der Waals surface area (Å²) in [4.78, 5) is 11.4. The molecule has 8 nitrogen and oxygen atoms in total. The molecule has 23 heavy (non-hydrogen) atoms. The molecule has 0 fully saturated rings. The van der Waals surface area contributed by atoms with E-state index in [0.717, 1.165) is 12.3 Å². The summed E-state index contributed by atoms with van der Waals surface area (Å²) in [6.07, 6.45) is 0.928. The molecule has 0 amide bonds. The Kier molecular flexibility index (Phi) is 6.51. The van der Waals surface area contributed by atoms with Crippen LogP contribution in [0.2, 0.25) is 25.7 Å². The minimum absolute atomic E-state index is 0.00578. The molecule has 0 saturated carbocycles. The van der Waals surface area contributed by atoms with Crippen LogP contribution in [0.1, 0.15) is 21.7 Å². The summed E-state index contributed by atoms with van der Waals surface area (Å²) in [5.74, 6) is -1.14. The summed E-state index contributed by atoms with van der Waals surface area (Å²) in [5, 5.41) is 13.4. The van der Waals surface area contributed by atoms with Crippen LogP contribution >= 0.6 is 0 Å². The van der Waals surface area contributed by atoms with Crippen LogP contribution in [0.25, 0.3) is 0 Å². The van der Waals surface area contributed by atoms with Gasteiger partial charge in [-0.3, -0.25) is 4.18 Å². The number of nitrogens with zero attached hydrogens (tertiary/aromatic N) is 2. The van der Waals surface area contributed by atoms with Crippen molar-refractivity contribution in [3.05, 3.63) is 17.0 Å². The molecule has 0 aliphatic rings. The summed E-state index contributed by atoms with van der Waals surface area (Å²) in [5.41, 5.74) is 0.613. The van der Waals surface area contributed by atoms with Crippen LogP contribution in [0.5, 0.6) is 0 Å². The van der Waals surface area contributed by atoms with Crippen molar-refractivity contribution in [1.82, 2.24) is 9.78 Å². The van der Waals surface area contributed by atoms with Crippen molar-refractivity contribution in [1.29, 1.82) is 0 Å². The smallest absolute Gasteiger partial charge is 0.354 e. The number of aromatic nitrogens is 2. The normalized spacial score (nSPS) is 12.6. The van der Waals surface area contributed by atoms with Gasteiger partial charge in [-0.05, 0) is 13.0 Å². The lowest BCUT2D eigenvalue weighted by Crippen LogP contribution is -2.22. The fraction of sp³-hybridized carbons (Fsp3) is 0.692. The van der Waals surface area contributed by atoms with E-state index in [1.165, 1.54) is 4.68 Å². The van der Waals surface area contributed by atoms with E-state index in [1.54, 1.807) is 6.92 Å². The molecule has 0 bridgehead atoms. The van der Waals surface area contributed by atoms with Crippen LogP contribution in [0.4, 0.5) is 0 Å². The van der Waals surface area contributed by atoms with Gasteiger partial charge in [0.1, 0.15) is 13.3 Å². The van der Waals surface area contributed by atoms with Gasteiger partial charge in [0.15, 0.2) is 5.69 Å². The van der Waals surface area contributed by atoms with Crippen LogP contribution in [-0.4, -0.2) is 50.2 Å². The average Bonchev–Trinajstić information content (AvgIpc) is 2.67. The monoisotopic (exact) mass is 364 g/mol. The van der Waals surface area contributed by atoms with E-state index in [9.17, 15) is 18.3 Å². The maximum atomic E-state index is 11.4. The molecule has 0 aliphatic heterocycles. The van der Waals surface area contributed by atoms with E-state index in [0.29, 0.717) is 12.2 Å². The topological polar surface area (TPSA) is 108 Å². The molecule has 0 aliphatic carbocycles. The molecule has 0 saturated heterocycles. The Morgan fingerprint density at radius 1 is 1.35 bits per heavy atom. The highest BCUT2D eigenvalue weighted by molar-refractivity contribution is 7.85. The quantitative estimate of drug-likeness (QED) is 0.403. The largest absolute Gasteiger partial charge is 0.477 e. The number of rotatable bonds is 9. The van der Waals surface area contributed by atoms with Crippen molar-refractivity contribution in [2.75, 3.05) is 12.9 Å². The number of hydrogen-bond acceptors (Lipinski definition) is 6. The highest BCUT2D eigenvalue weighted by atomic mass is 32.2. The van der Waals surface area contributed by atoms with Gasteiger partial charge in [-0.25, -0.2) is 9.48 Å². The van der Waals surface area contributed by atoms with Crippen molar-refractivity contribution < 1.29 is 27.2 Å². The van der Waals surface area contributed by atoms with Crippen molar-refractivity contribution in [2.24, 2.45) is 0 Å². The number of hydrogen-bond donors (Lipinski definition) is 1. The Bertz CT molecular complexity index is 663. The highest BCUT2D eigenvalue weighted by Gasteiger charge is 2.21. The molecule has 10 heteroatoms. The second kappa shape index (κ2) is 7.56. The molecule has 1 N–H and O–H groups in total. The van der Waals surface area contributed by atoms with Gasteiger partial charge in [-0.1, -0.05) is 19.6 Å². The molecule has 0 radical (unpaired) electrons. The molecule has 132 valence electrons. The van der Waals surface area contributed by atoms with Crippen LogP contribution in [-0.2, 0) is 32.4 Å². The van der Waals surface area contributed by atoms with Crippen LogP contribution < -0.4 is 0 Å². The first-order chi connectivity index (χ1) is 10.4. The SMILES string of the molecule is Cc1c(COS(C)(=O)=O)nn(COCC[Si](C)(C)C)c1C(=O)O. The molecular formula is C13H24N2O6SSi. The van der Waals surface area contributed by atoms with Crippen molar-refractivity contribution in [2.45, 2.75) is 45.9 Å². The van der Waals surface area contributed by atoms with Gasteiger partial charge in [-0.2, -0.15) is 13.5 Å². The highest BCUT2D eigenvalue weighted by Crippen LogP contribution is 2.16. The van der Waals surface area contributed by atoms with E-state index in [1.807, 2.05) is 0 Å². The lowest BCUT2D eigenvalue weighted by atomic mass is 10.2. The minimum Gasteiger partial charge on any atom is -0.477 e. The Morgan fingerprint density at radius 2 is 1.96 bits per heavy atom. The number of aromatic carboxylic acids is 1. The zero-order chi connectivity index (χ0) is 17.8. The molecule has 0 atom stereocenters. The molecule has 1 aromatic rings. The van der Waals surface area contributed by atoms with Gasteiger partial charge in [0.25, 0.3) is 10.1 Å². The third kappa shape index (κ3) is 6.81. The predicted octanol–water partition coefficient (Wildman–Crippen LogP) is 1.68. The lowest BCUT2D eigenvalue weighted by Gasteiger charge is -2.15. The zero-order valence-corrected chi connectivity index (χ0v) is 15.9. The van der Waals surface area contributed by atoms with Gasteiger partial charge >= 0.3 is 5.97 Å². The van der Waals surface area contributed by atoms with Crippen molar-refractivity contribution in [3.8, 4) is 0 Å². The van der Waals surface area contributed by atoms with Gasteiger partial charge in [0, 0.05) is 20.2 Å². The first kappa shape index (κ1) is 19.8. The molecule has 1 rings (SSSR count). The van der Waals surface area contributed by atoms with Gasteiger partial charge < -0.3 is 9.84 Å². The molecular weight excluding hydrogens is 340 g/mol. The molecule has 1 heterocycles. The Hall–Kier alpha value is -1.23. The predicted molar refractivity (Wildman–Crippen MR) is 87.7 cm³/mol. The lowest BCUT2D eigenvalue weighted by molar-refractivity contribution is 0.0588. The molecule has 1 aromatic heterocycles. The van der Waals surface area contributed by atoms with Crippen LogP contribution in [0.3, 0.4) is 0 Å². The van der Waals surface area contributed by atoms with Crippen molar-refractivity contribution >= 4 is 24.2 Å². The first-order valence-electron chi connectivity index (χ1n) is 7.12. The summed E-state index contributed by atoms with van der Waals surface area (Å²) in [6, 6.07) is 0.958. The summed E-state index contributed by atoms with van der Waals surface area (Å²) in [7, 11) is -4.85. The third-order valence-corrected chi connectivity index (χ3v) is 5.36. The van der Waals surface area contributed by atoms with E-state index in [2.05, 4.69) is 28.9 Å². The van der Waals surface area contributed by atoms with Crippen molar-refractivity contribution in [3.63, 3.8) is 0 Å². The Morgan fingerprint density at radius 3 is 2.43 bits per heavy atom. The minimum atomic E-state index is -3.62. The van der Waals surface area contributed by atoms with E-state index >= 15 is 0 Å². The average molecular weight is 364 g/mol. The van der Waals surface area contributed by atoms with Gasteiger partial charge in [-0.15, -0.1) is 0 Å². The fourth-order valence-corrected chi connectivity index (χ4v) is 2.88. The molecule has 0 spiro atoms. The van der Waals surface area contributed by atoms with E-state index < -0.39 is 24.2 Å². The van der Waals surface area contributed by atoms with Gasteiger partial charge in [0.05, 0.1) is 11.9 Å². The summed E-state index contributed by atoms with van der Waals surface area (Å²) in [6.45, 7) is 8.46. The zero-order valence-electron chi connectivity index (χ0n) is 14.1. The summed E-state index contributed by atoms with van der Waals surface area (Å²) < 4.78 is 33.5. The maximum absolute atomic E-state index is 11.4. The third-order valence-electron chi connectivity index (χ3n) is 3.11. The summed E-state index contributed by atoms with van der Waals surface area (Å²) >= 11 is 0.